The smallest absolute Gasteiger partial charge is 0.393 e. The summed E-state index contributed by atoms with van der Waals surface area (Å²) in [7, 11) is 0. The zero-order valence-electron chi connectivity index (χ0n) is 18.5. The summed E-state index contributed by atoms with van der Waals surface area (Å²) in [6.07, 6.45) is 2.40. The van der Waals surface area contributed by atoms with Crippen LogP contribution in [0.4, 0.5) is 17.6 Å². The number of nitrogens with zero attached hydrogens (tertiary/aromatic N) is 4. The Hall–Kier alpha value is -3.40. The molecule has 4 rings (SSSR count). The van der Waals surface area contributed by atoms with Gasteiger partial charge in [0.15, 0.2) is 17.4 Å². The Morgan fingerprint density at radius 3 is 2.56 bits per heavy atom. The Balaban J connectivity index is 1.54. The van der Waals surface area contributed by atoms with Crippen molar-refractivity contribution in [1.29, 1.82) is 0 Å². The number of hydrogen-bond acceptors (Lipinski definition) is 5. The molecule has 3 aromatic heterocycles. The van der Waals surface area contributed by atoms with Crippen molar-refractivity contribution in [1.82, 2.24) is 19.7 Å². The molecular weight excluding hydrogens is 452 g/mol. The normalized spacial score (nSPS) is 16.4. The third-order valence-corrected chi connectivity index (χ3v) is 5.85. The number of rotatable bonds is 5. The molecule has 3 heterocycles. The minimum absolute atomic E-state index is 0.0291. The van der Waals surface area contributed by atoms with E-state index >= 15 is 0 Å². The van der Waals surface area contributed by atoms with Gasteiger partial charge in [-0.2, -0.15) is 18.3 Å². The third kappa shape index (κ3) is 4.77. The van der Waals surface area contributed by atoms with Crippen LogP contribution in [-0.4, -0.2) is 36.7 Å². The largest absolute Gasteiger partial charge is 0.417 e. The predicted octanol–water partition coefficient (Wildman–Crippen LogP) is 4.79. The van der Waals surface area contributed by atoms with E-state index in [-0.39, 0.29) is 29.6 Å². The lowest BCUT2D eigenvalue weighted by molar-refractivity contribution is -0.138. The molecule has 0 aliphatic heterocycles. The number of halogens is 4. The van der Waals surface area contributed by atoms with E-state index in [4.69, 9.17) is 0 Å². The zero-order chi connectivity index (χ0) is 24.6. The van der Waals surface area contributed by atoms with Crippen molar-refractivity contribution < 1.29 is 27.5 Å². The molecule has 1 unspecified atom stereocenters. The van der Waals surface area contributed by atoms with Crippen LogP contribution < -0.4 is 0 Å². The van der Waals surface area contributed by atoms with Gasteiger partial charge in [-0.25, -0.2) is 14.1 Å². The van der Waals surface area contributed by atoms with Gasteiger partial charge < -0.3 is 5.11 Å². The van der Waals surface area contributed by atoms with Crippen LogP contribution in [0.2, 0.25) is 0 Å². The summed E-state index contributed by atoms with van der Waals surface area (Å²) in [4.78, 5) is 21.0. The predicted molar refractivity (Wildman–Crippen MR) is 116 cm³/mol. The van der Waals surface area contributed by atoms with Crippen LogP contribution in [0.15, 0.2) is 36.8 Å². The number of pyridine rings is 2. The van der Waals surface area contributed by atoms with E-state index in [2.05, 4.69) is 15.1 Å². The van der Waals surface area contributed by atoms with Gasteiger partial charge in [-0.1, -0.05) is 12.1 Å². The lowest BCUT2D eigenvalue weighted by atomic mass is 9.92. The number of ketones is 1. The van der Waals surface area contributed by atoms with Gasteiger partial charge in [0.05, 0.1) is 34.8 Å². The summed E-state index contributed by atoms with van der Waals surface area (Å²) < 4.78 is 53.7. The maximum absolute atomic E-state index is 14.3. The quantitative estimate of drug-likeness (QED) is 0.425. The van der Waals surface area contributed by atoms with Crippen molar-refractivity contribution in [2.75, 3.05) is 0 Å². The average Bonchev–Trinajstić information content (AvgIpc) is 3.15. The average molecular weight is 474 g/mol. The lowest BCUT2D eigenvalue weighted by Crippen LogP contribution is -2.12. The molecule has 0 aromatic carbocycles. The van der Waals surface area contributed by atoms with Gasteiger partial charge in [-0.05, 0) is 55.9 Å². The molecule has 1 aliphatic carbocycles. The number of aromatic nitrogens is 4. The van der Waals surface area contributed by atoms with Crippen LogP contribution in [0.5, 0.6) is 0 Å². The molecule has 1 N–H and O–H groups in total. The van der Waals surface area contributed by atoms with Crippen molar-refractivity contribution >= 4 is 11.4 Å². The fraction of sp³-hybridized carbons (Fsp3) is 0.333. The van der Waals surface area contributed by atoms with Crippen LogP contribution in [0.25, 0.3) is 11.4 Å². The molecule has 0 radical (unpaired) electrons. The molecule has 0 saturated carbocycles. The van der Waals surface area contributed by atoms with Gasteiger partial charge >= 0.3 is 6.18 Å². The first-order valence-electron chi connectivity index (χ1n) is 10.7. The molecular formula is C24H22F4N4O2. The molecule has 0 fully saturated rings. The van der Waals surface area contributed by atoms with Crippen LogP contribution in [0.3, 0.4) is 0 Å². The molecule has 1 atom stereocenters. The number of Topliss-reactive ketones (excluding diaryl/α,β-unsaturated/α-hetero) is 1. The fourth-order valence-corrected chi connectivity index (χ4v) is 4.02. The number of alkyl halides is 3. The number of allylic oxidation sites excluding steroid dienone is 1. The number of aliphatic hydroxyl groups is 1. The molecule has 0 amide bonds. The first-order valence-corrected chi connectivity index (χ1v) is 10.7. The third-order valence-electron chi connectivity index (χ3n) is 5.85. The van der Waals surface area contributed by atoms with E-state index in [1.807, 2.05) is 19.1 Å². The fourth-order valence-electron chi connectivity index (χ4n) is 4.02. The zero-order valence-corrected chi connectivity index (χ0v) is 18.5. The van der Waals surface area contributed by atoms with Gasteiger partial charge in [0.25, 0.3) is 0 Å². The summed E-state index contributed by atoms with van der Waals surface area (Å²) in [6.45, 7) is 3.43. The van der Waals surface area contributed by atoms with Gasteiger partial charge in [0.2, 0.25) is 0 Å². The molecule has 1 aliphatic rings. The van der Waals surface area contributed by atoms with Crippen molar-refractivity contribution in [3.63, 3.8) is 0 Å². The van der Waals surface area contributed by atoms with Gasteiger partial charge in [-0.3, -0.25) is 9.78 Å². The van der Waals surface area contributed by atoms with Crippen LogP contribution in [-0.2, 0) is 12.6 Å². The monoisotopic (exact) mass is 474 g/mol. The summed E-state index contributed by atoms with van der Waals surface area (Å²) in [5, 5.41) is 13.6. The van der Waals surface area contributed by atoms with E-state index in [0.717, 1.165) is 27.9 Å². The summed E-state index contributed by atoms with van der Waals surface area (Å²) in [6, 6.07) is 2.23. The molecule has 10 heteroatoms. The Labute approximate surface area is 193 Å². The van der Waals surface area contributed by atoms with Crippen molar-refractivity contribution in [2.45, 2.75) is 51.8 Å². The maximum atomic E-state index is 14.3. The summed E-state index contributed by atoms with van der Waals surface area (Å²) in [5.74, 6) is -1.90. The SMILES string of the molecule is Cc1cc(CC(=O)c2cnn(-c3ncc(C(F)(F)F)cc3F)c2C)cnc1C1=CCC(O)CC1. The standard InChI is InChI=1S/C24H22F4N4O2/c1-13-7-15(10-29-22(13)16-3-5-18(33)6-4-16)8-21(34)19-12-31-32(14(19)2)23-20(25)9-17(11-30-23)24(26,27)28/h3,7,9-12,18,33H,4-6,8H2,1-2H3. The molecule has 0 spiro atoms. The Bertz CT molecular complexity index is 1280. The van der Waals surface area contributed by atoms with E-state index in [1.54, 1.807) is 6.20 Å². The van der Waals surface area contributed by atoms with Gasteiger partial charge in [0.1, 0.15) is 0 Å². The second-order valence-electron chi connectivity index (χ2n) is 8.35. The van der Waals surface area contributed by atoms with Crippen LogP contribution >= 0.6 is 0 Å². The van der Waals surface area contributed by atoms with E-state index < -0.39 is 23.4 Å². The van der Waals surface area contributed by atoms with Crippen molar-refractivity contribution in [2.24, 2.45) is 0 Å². The van der Waals surface area contributed by atoms with Crippen LogP contribution in [0, 0.1) is 19.7 Å². The Morgan fingerprint density at radius 2 is 1.94 bits per heavy atom. The molecule has 178 valence electrons. The molecule has 0 saturated heterocycles. The van der Waals surface area contributed by atoms with Crippen LogP contribution in [0.1, 0.15) is 57.7 Å². The molecule has 3 aromatic rings. The van der Waals surface area contributed by atoms with E-state index in [9.17, 15) is 27.5 Å². The number of aliphatic hydroxyl groups excluding tert-OH is 1. The molecule has 0 bridgehead atoms. The highest BCUT2D eigenvalue weighted by atomic mass is 19.4. The van der Waals surface area contributed by atoms with E-state index in [0.29, 0.717) is 30.7 Å². The maximum Gasteiger partial charge on any atom is 0.417 e. The molecule has 6 nitrogen and oxygen atoms in total. The van der Waals surface area contributed by atoms with Crippen molar-refractivity contribution in [3.05, 3.63) is 76.3 Å². The van der Waals surface area contributed by atoms with Crippen molar-refractivity contribution in [3.8, 4) is 5.82 Å². The number of aryl methyl sites for hydroxylation is 1. The highest BCUT2D eigenvalue weighted by molar-refractivity contribution is 5.98. The Morgan fingerprint density at radius 1 is 1.18 bits per heavy atom. The first kappa shape index (κ1) is 23.7. The topological polar surface area (TPSA) is 80.9 Å². The second kappa shape index (κ2) is 9.09. The minimum atomic E-state index is -4.72. The highest BCUT2D eigenvalue weighted by Gasteiger charge is 2.32. The summed E-state index contributed by atoms with van der Waals surface area (Å²) in [5.41, 5.74) is 2.79. The second-order valence-corrected chi connectivity index (χ2v) is 8.35. The number of hydrogen-bond donors (Lipinski definition) is 1. The summed E-state index contributed by atoms with van der Waals surface area (Å²) >= 11 is 0. The lowest BCUT2D eigenvalue weighted by Gasteiger charge is -2.18. The number of carbonyl (C=O) groups excluding carboxylic acids is 1. The molecule has 34 heavy (non-hydrogen) atoms. The minimum Gasteiger partial charge on any atom is -0.393 e. The highest BCUT2D eigenvalue weighted by Crippen LogP contribution is 2.31. The van der Waals surface area contributed by atoms with E-state index in [1.165, 1.54) is 13.1 Å². The Kier molecular flexibility index (Phi) is 6.35. The number of carbonyl (C=O) groups is 1. The first-order chi connectivity index (χ1) is 16.0. The van der Waals surface area contributed by atoms with Gasteiger partial charge in [-0.15, -0.1) is 0 Å². The van der Waals surface area contributed by atoms with Gasteiger partial charge in [0, 0.05) is 18.8 Å².